The Hall–Kier alpha value is -2.63. The summed E-state index contributed by atoms with van der Waals surface area (Å²) >= 11 is 2.29. The Morgan fingerprint density at radius 1 is 0.542 bits per heavy atom. The predicted molar refractivity (Wildman–Crippen MR) is 384 cm³/mol. The number of cyclic esters (lactones) is 2. The largest absolute Gasteiger partial charge is 0.462 e. The van der Waals surface area contributed by atoms with Gasteiger partial charge in [-0.15, -0.1) is 0 Å². The van der Waals surface area contributed by atoms with Crippen molar-refractivity contribution in [3.63, 3.8) is 0 Å². The first-order valence-corrected chi connectivity index (χ1v) is 36.9. The molecule has 6 aliphatic heterocycles. The number of hydrogen-bond acceptors (Lipinski definition) is 21. The molecule has 556 valence electrons. The van der Waals surface area contributed by atoms with Crippen LogP contribution in [-0.2, 0) is 47.6 Å². The van der Waals surface area contributed by atoms with Gasteiger partial charge in [0.25, 0.3) is 0 Å². The molecule has 0 bridgehead atoms. The maximum absolute atomic E-state index is 13.5. The number of aliphatic hydroxyl groups excluding tert-OH is 7. The molecule has 0 aromatic rings. The Labute approximate surface area is 591 Å². The summed E-state index contributed by atoms with van der Waals surface area (Å²) in [6.45, 7) is 24.1. The van der Waals surface area contributed by atoms with Gasteiger partial charge in [0.1, 0.15) is 24.4 Å². The van der Waals surface area contributed by atoms with Crippen LogP contribution in [-0.4, -0.2) is 255 Å². The molecule has 6 rings (SSSR count). The quantitative estimate of drug-likeness (QED) is 0.0437. The zero-order chi connectivity index (χ0) is 69.7. The first kappa shape index (κ1) is 87.6. The summed E-state index contributed by atoms with van der Waals surface area (Å²) in [6, 6.07) is -1.28. The Morgan fingerprint density at radius 2 is 0.896 bits per heavy atom. The minimum atomic E-state index is -1.19. The van der Waals surface area contributed by atoms with Crippen molar-refractivity contribution in [1.82, 2.24) is 19.6 Å². The van der Waals surface area contributed by atoms with E-state index in [0.29, 0.717) is 38.5 Å². The van der Waals surface area contributed by atoms with Crippen LogP contribution >= 0.6 is 22.6 Å². The van der Waals surface area contributed by atoms with Crippen molar-refractivity contribution in [2.75, 3.05) is 78.5 Å². The molecule has 0 aliphatic carbocycles. The van der Waals surface area contributed by atoms with Crippen LogP contribution in [0.1, 0.15) is 174 Å². The summed E-state index contributed by atoms with van der Waals surface area (Å²) in [7, 11) is 7.14. The molecule has 4 fully saturated rings. The van der Waals surface area contributed by atoms with E-state index in [4.69, 9.17) is 28.4 Å². The Morgan fingerprint density at radius 3 is 1.23 bits per heavy atom. The van der Waals surface area contributed by atoms with E-state index in [9.17, 15) is 54.9 Å². The smallest absolute Gasteiger partial charge is 0.308 e. The molecule has 6 aliphatic rings. The van der Waals surface area contributed by atoms with Crippen molar-refractivity contribution >= 4 is 46.1 Å². The van der Waals surface area contributed by atoms with Crippen molar-refractivity contribution in [3.05, 3.63) is 47.6 Å². The molecule has 24 atom stereocenters. The second-order valence-electron chi connectivity index (χ2n) is 28.8. The topological polar surface area (TPSA) is 278 Å². The number of ketones is 2. The van der Waals surface area contributed by atoms with Gasteiger partial charge in [-0.25, -0.2) is 0 Å². The van der Waals surface area contributed by atoms with Gasteiger partial charge in [-0.3, -0.25) is 19.2 Å². The van der Waals surface area contributed by atoms with Gasteiger partial charge in [-0.1, -0.05) is 127 Å². The lowest BCUT2D eigenvalue weighted by molar-refractivity contribution is -0.304. The molecular formula is C74H131IN4O17. The van der Waals surface area contributed by atoms with Crippen LogP contribution in [0, 0.1) is 47.3 Å². The highest BCUT2D eigenvalue weighted by molar-refractivity contribution is 14.1. The molecule has 6 heterocycles. The van der Waals surface area contributed by atoms with Crippen molar-refractivity contribution in [3.8, 4) is 0 Å². The number of likely N-dealkylation sites (N-methyl/N-ethyl adjacent to an activating group) is 2. The van der Waals surface area contributed by atoms with Crippen molar-refractivity contribution in [1.29, 1.82) is 0 Å². The standard InChI is InChI=1S/C36H61IN2O8.C36H62N2O9.2CH4/c1-8-30-27(21-37)18-22(2)12-13-28(40)23(3)19-26(14-17-39-15-10-9-11-16-39)35(24(4)29(41)20-31(42)46-30)47-36-34(44)32(38(6)7)33(43)25(5)45-36;1-8-30-27(21-39)18-22(2)12-13-28(40)23(3)19-26(14-17-38-15-10-9-11-16-38)35(24(4)29(41)20-31(42)46-30)47-36-34(44)32(37(6)7)33(43)25(5)45-36;;/h12-13,18,23-27,29-30,32-36,41,43-44H,8-11,14-17,19-21H2,1-7H3;12-13,18,23-27,29-30,32-36,39,41,43-44H,8-11,14-17,19-21H2,1-7H3;2*1H4/b2*13-12+,22-18+;;. The third-order valence-electron chi connectivity index (χ3n) is 20.8. The van der Waals surface area contributed by atoms with Crippen molar-refractivity contribution in [2.45, 2.75) is 272 Å². The van der Waals surface area contributed by atoms with Crippen LogP contribution in [0.2, 0.25) is 0 Å². The summed E-state index contributed by atoms with van der Waals surface area (Å²) in [6.07, 6.45) is 8.42. The van der Waals surface area contributed by atoms with Crippen molar-refractivity contribution in [2.24, 2.45) is 47.3 Å². The molecular weight excluding hydrogens is 1340 g/mol. The molecule has 0 saturated carbocycles. The molecule has 0 radical (unpaired) electrons. The Bertz CT molecular complexity index is 2260. The molecule has 7 N–H and O–H groups in total. The minimum Gasteiger partial charge on any atom is -0.462 e. The second kappa shape index (κ2) is 43.4. The van der Waals surface area contributed by atoms with E-state index in [1.807, 2.05) is 67.5 Å². The number of allylic oxidation sites excluding steroid dienone is 6. The van der Waals surface area contributed by atoms with Crippen molar-refractivity contribution < 1.29 is 83.3 Å². The summed E-state index contributed by atoms with van der Waals surface area (Å²) in [5, 5.41) is 77.7. The number of hydrogen-bond donors (Lipinski definition) is 7. The lowest BCUT2D eigenvalue weighted by Gasteiger charge is -2.47. The van der Waals surface area contributed by atoms with Gasteiger partial charge in [-0.2, -0.15) is 0 Å². The van der Waals surface area contributed by atoms with E-state index < -0.39 is 121 Å². The molecule has 22 heteroatoms. The zero-order valence-corrected chi connectivity index (χ0v) is 61.4. The molecule has 21 nitrogen and oxygen atoms in total. The second-order valence-corrected chi connectivity index (χ2v) is 29.6. The monoisotopic (exact) mass is 1470 g/mol. The number of halogens is 1. The Balaban J connectivity index is 0.000000490. The van der Waals surface area contributed by atoms with E-state index in [-0.39, 0.29) is 81.6 Å². The number of piperidine rings is 2. The van der Waals surface area contributed by atoms with Gasteiger partial charge in [0.2, 0.25) is 0 Å². The normalized spacial score (nSPS) is 40.0. The molecule has 4 saturated heterocycles. The number of aliphatic hydroxyl groups is 7. The van der Waals surface area contributed by atoms with Gasteiger partial charge in [-0.05, 0) is 183 Å². The number of alkyl halides is 1. The summed E-state index contributed by atoms with van der Waals surface area (Å²) in [4.78, 5) is 61.9. The zero-order valence-electron chi connectivity index (χ0n) is 59.3. The van der Waals surface area contributed by atoms with Crippen LogP contribution in [0.25, 0.3) is 0 Å². The van der Waals surface area contributed by atoms with E-state index >= 15 is 0 Å². The fourth-order valence-electron chi connectivity index (χ4n) is 14.8. The minimum absolute atomic E-state index is 0. The summed E-state index contributed by atoms with van der Waals surface area (Å²) in [5.74, 6) is -3.86. The van der Waals surface area contributed by atoms with Crippen LogP contribution in [0.15, 0.2) is 47.6 Å². The predicted octanol–water partition coefficient (Wildman–Crippen LogP) is 8.09. The third kappa shape index (κ3) is 26.0. The molecule has 0 spiro atoms. The number of esters is 2. The highest BCUT2D eigenvalue weighted by Crippen LogP contribution is 2.38. The summed E-state index contributed by atoms with van der Waals surface area (Å²) in [5.41, 5.74) is 1.71. The lowest BCUT2D eigenvalue weighted by atomic mass is 9.79. The fourth-order valence-corrected chi connectivity index (χ4v) is 15.6. The molecule has 96 heavy (non-hydrogen) atoms. The van der Waals surface area contributed by atoms with Crippen LogP contribution in [0.3, 0.4) is 0 Å². The lowest BCUT2D eigenvalue weighted by Crippen LogP contribution is -2.63. The molecule has 0 amide bonds. The fraction of sp³-hybridized carbons (Fsp3) is 0.838. The average molecular weight is 1480 g/mol. The maximum atomic E-state index is 13.5. The maximum Gasteiger partial charge on any atom is 0.308 e. The Kier molecular flexibility index (Phi) is 39.6. The van der Waals surface area contributed by atoms with Gasteiger partial charge < -0.3 is 83.8 Å². The van der Waals surface area contributed by atoms with E-state index in [1.165, 1.54) is 12.8 Å². The van der Waals surface area contributed by atoms with E-state index in [1.54, 1.807) is 70.1 Å². The molecule has 0 aromatic carbocycles. The number of ether oxygens (including phenoxy) is 6. The first-order chi connectivity index (χ1) is 44.5. The number of nitrogens with zero attached hydrogens (tertiary/aromatic N) is 4. The summed E-state index contributed by atoms with van der Waals surface area (Å²) < 4.78 is 38.0. The number of likely N-dealkylation sites (tertiary alicyclic amines) is 2. The van der Waals surface area contributed by atoms with Crippen LogP contribution < -0.4 is 0 Å². The molecule has 0 aromatic heterocycles. The number of carbonyl (C=O) groups is 4. The highest BCUT2D eigenvalue weighted by atomic mass is 127. The number of carbonyl (C=O) groups excluding carboxylic acids is 4. The van der Waals surface area contributed by atoms with Crippen LogP contribution in [0.5, 0.6) is 0 Å². The number of rotatable bonds is 16. The first-order valence-electron chi connectivity index (χ1n) is 35.4. The average Bonchev–Trinajstić information content (AvgIpc) is 0.852. The van der Waals surface area contributed by atoms with Gasteiger partial charge in [0.15, 0.2) is 24.1 Å². The molecule has 24 unspecified atom stereocenters. The SMILES string of the molecule is C.C.CCC1OC(=O)CC(O)C(C)C(OC2OC(C)C(O)C(N(C)C)C2O)C(CCN2CCCCC2)CC(C)C(=O)/C=C/C(C)=C/C1CI.CCC1OC(=O)CC(O)C(C)C(OC2OC(C)C(O)C(N(C)C)C2O)C(CCN2CCCCC2)CC(C)C(=O)/C=C/C(C)=C/C1CO. The van der Waals surface area contributed by atoms with Gasteiger partial charge in [0, 0.05) is 39.9 Å². The van der Waals surface area contributed by atoms with Crippen LogP contribution in [0.4, 0.5) is 0 Å². The van der Waals surface area contributed by atoms with Gasteiger partial charge >= 0.3 is 11.9 Å². The highest BCUT2D eigenvalue weighted by Gasteiger charge is 2.49. The van der Waals surface area contributed by atoms with E-state index in [0.717, 1.165) is 80.5 Å². The third-order valence-corrected chi connectivity index (χ3v) is 21.8. The van der Waals surface area contributed by atoms with Gasteiger partial charge in [0.05, 0.1) is 80.4 Å². The van der Waals surface area contributed by atoms with E-state index in [2.05, 4.69) is 38.5 Å².